The molecule has 2 aliphatic heterocycles. The molecule has 0 saturated carbocycles. The Kier molecular flexibility index (Phi) is 6.23. The summed E-state index contributed by atoms with van der Waals surface area (Å²) < 4.78 is 42.7. The molecule has 3 aromatic rings. The Morgan fingerprint density at radius 1 is 1.19 bits per heavy atom. The van der Waals surface area contributed by atoms with Crippen LogP contribution in [0.1, 0.15) is 27.2 Å². The second-order valence-corrected chi connectivity index (χ2v) is 8.59. The first-order chi connectivity index (χ1) is 17.7. The van der Waals surface area contributed by atoms with Crippen LogP contribution in [0, 0.1) is 18.8 Å². The molecule has 5 rings (SSSR count). The third-order valence-electron chi connectivity index (χ3n) is 5.58. The van der Waals surface area contributed by atoms with Crippen molar-refractivity contribution in [1.29, 1.82) is 0 Å². The molecular formula is C26H18ClF3N6O. The number of nitrogens with zero attached hydrogens (tertiary/aromatic N) is 4. The van der Waals surface area contributed by atoms with E-state index in [0.717, 1.165) is 6.07 Å². The van der Waals surface area contributed by atoms with E-state index in [-0.39, 0.29) is 23.1 Å². The molecule has 11 heteroatoms. The average molecular weight is 523 g/mol. The van der Waals surface area contributed by atoms with E-state index in [2.05, 4.69) is 32.6 Å². The van der Waals surface area contributed by atoms with E-state index in [4.69, 9.17) is 11.6 Å². The molecule has 37 heavy (non-hydrogen) atoms. The molecule has 1 atom stereocenters. The van der Waals surface area contributed by atoms with Gasteiger partial charge in [-0.05, 0) is 61.4 Å². The standard InChI is InChI=1S/C26H18ClF3N6O/c1-16-14-35(15-32-16)23-9-6-19(12-21(23)26(28,29)30)34-25(37)18-5-8-22(27)17(11-18)4-7-20-13-31-24-3-2-10-33-36(20)24/h2-3,5-6,8-15,24,31H,1H3,(H,34,37). The monoisotopic (exact) mass is 522 g/mol. The molecule has 0 saturated heterocycles. The van der Waals surface area contributed by atoms with E-state index < -0.39 is 17.6 Å². The highest BCUT2D eigenvalue weighted by atomic mass is 35.5. The van der Waals surface area contributed by atoms with Crippen molar-refractivity contribution in [3.63, 3.8) is 0 Å². The minimum absolute atomic E-state index is 0.00950. The molecule has 0 fully saturated rings. The molecule has 186 valence electrons. The molecule has 1 amide bonds. The van der Waals surface area contributed by atoms with Crippen LogP contribution in [-0.2, 0) is 6.18 Å². The van der Waals surface area contributed by atoms with Gasteiger partial charge in [-0.1, -0.05) is 17.5 Å². The fourth-order valence-corrected chi connectivity index (χ4v) is 3.96. The van der Waals surface area contributed by atoms with Crippen LogP contribution in [-0.4, -0.2) is 32.8 Å². The lowest BCUT2D eigenvalue weighted by molar-refractivity contribution is -0.137. The fraction of sp³-hybridized carbons (Fsp3) is 0.115. The topological polar surface area (TPSA) is 74.6 Å². The SMILES string of the molecule is Cc1cn(-c2ccc(NC(=O)c3ccc(Cl)c(C#CC4=CNC5C=CC=NN45)c3)cc2C(F)(F)F)cn1. The van der Waals surface area contributed by atoms with Gasteiger partial charge < -0.3 is 15.2 Å². The number of imidazole rings is 1. The van der Waals surface area contributed by atoms with Crippen LogP contribution in [0.2, 0.25) is 5.02 Å². The van der Waals surface area contributed by atoms with Gasteiger partial charge in [0, 0.05) is 35.4 Å². The molecular weight excluding hydrogens is 505 g/mol. The Labute approximate surface area is 214 Å². The van der Waals surface area contributed by atoms with Crippen molar-refractivity contribution in [3.05, 3.63) is 100 Å². The van der Waals surface area contributed by atoms with Gasteiger partial charge in [0.1, 0.15) is 11.9 Å². The van der Waals surface area contributed by atoms with Crippen LogP contribution >= 0.6 is 11.6 Å². The highest BCUT2D eigenvalue weighted by Gasteiger charge is 2.34. The number of hydrazone groups is 1. The number of carbonyl (C=O) groups excluding carboxylic acids is 1. The third-order valence-corrected chi connectivity index (χ3v) is 5.90. The van der Waals surface area contributed by atoms with Crippen LogP contribution < -0.4 is 10.6 Å². The number of amides is 1. The maximum atomic E-state index is 13.8. The summed E-state index contributed by atoms with van der Waals surface area (Å²) in [6, 6.07) is 8.05. The maximum absolute atomic E-state index is 13.8. The quantitative estimate of drug-likeness (QED) is 0.470. The zero-order chi connectivity index (χ0) is 26.2. The predicted molar refractivity (Wildman–Crippen MR) is 134 cm³/mol. The summed E-state index contributed by atoms with van der Waals surface area (Å²) in [7, 11) is 0. The van der Waals surface area contributed by atoms with Gasteiger partial charge in [-0.2, -0.15) is 18.3 Å². The number of carbonyl (C=O) groups is 1. The van der Waals surface area contributed by atoms with Crippen molar-refractivity contribution < 1.29 is 18.0 Å². The van der Waals surface area contributed by atoms with Gasteiger partial charge in [-0.25, -0.2) is 9.99 Å². The maximum Gasteiger partial charge on any atom is 0.418 e. The Morgan fingerprint density at radius 2 is 2.03 bits per heavy atom. The Balaban J connectivity index is 1.38. The van der Waals surface area contributed by atoms with Crippen LogP contribution in [0.15, 0.2) is 78.1 Å². The molecule has 7 nitrogen and oxygen atoms in total. The number of aromatic nitrogens is 2. The molecule has 2 aromatic carbocycles. The second kappa shape index (κ2) is 9.52. The molecule has 0 aliphatic carbocycles. The number of allylic oxidation sites excluding steroid dienone is 2. The molecule has 2 N–H and O–H groups in total. The second-order valence-electron chi connectivity index (χ2n) is 8.19. The molecule has 2 aliphatic rings. The molecule has 1 aromatic heterocycles. The van der Waals surface area contributed by atoms with Gasteiger partial charge in [0.25, 0.3) is 5.91 Å². The number of nitrogens with one attached hydrogen (secondary N) is 2. The zero-order valence-electron chi connectivity index (χ0n) is 19.2. The number of aryl methyl sites for hydroxylation is 1. The first-order valence-corrected chi connectivity index (χ1v) is 11.4. The number of benzene rings is 2. The number of hydrogen-bond donors (Lipinski definition) is 2. The van der Waals surface area contributed by atoms with Gasteiger partial charge in [0.2, 0.25) is 0 Å². The van der Waals surface area contributed by atoms with Gasteiger partial charge in [0.15, 0.2) is 0 Å². The number of hydrogen-bond acceptors (Lipinski definition) is 5. The van der Waals surface area contributed by atoms with E-state index >= 15 is 0 Å². The van der Waals surface area contributed by atoms with Gasteiger partial charge >= 0.3 is 6.18 Å². The van der Waals surface area contributed by atoms with E-state index in [1.807, 2.05) is 12.2 Å². The molecule has 0 spiro atoms. The van der Waals surface area contributed by atoms with E-state index in [9.17, 15) is 18.0 Å². The van der Waals surface area contributed by atoms with Crippen LogP contribution in [0.25, 0.3) is 5.69 Å². The average Bonchev–Trinajstić information content (AvgIpc) is 3.49. The molecule has 1 unspecified atom stereocenters. The zero-order valence-corrected chi connectivity index (χ0v) is 20.0. The summed E-state index contributed by atoms with van der Waals surface area (Å²) in [4.78, 5) is 16.9. The van der Waals surface area contributed by atoms with Crippen LogP contribution in [0.4, 0.5) is 18.9 Å². The van der Waals surface area contributed by atoms with Crippen molar-refractivity contribution in [2.45, 2.75) is 19.3 Å². The summed E-state index contributed by atoms with van der Waals surface area (Å²) in [6.07, 6.45) is 5.14. The van der Waals surface area contributed by atoms with Crippen LogP contribution in [0.3, 0.4) is 0 Å². The van der Waals surface area contributed by atoms with Crippen LogP contribution in [0.5, 0.6) is 0 Å². The highest BCUT2D eigenvalue weighted by Crippen LogP contribution is 2.36. The minimum Gasteiger partial charge on any atom is -0.364 e. The first-order valence-electron chi connectivity index (χ1n) is 11.0. The lowest BCUT2D eigenvalue weighted by Crippen LogP contribution is -2.32. The first kappa shape index (κ1) is 24.2. The highest BCUT2D eigenvalue weighted by molar-refractivity contribution is 6.32. The number of halogens is 4. The molecule has 0 radical (unpaired) electrons. The van der Waals surface area contributed by atoms with Gasteiger partial charge in [-0.15, -0.1) is 0 Å². The summed E-state index contributed by atoms with van der Waals surface area (Å²) >= 11 is 6.28. The summed E-state index contributed by atoms with van der Waals surface area (Å²) in [5.41, 5.74) is 0.755. The van der Waals surface area contributed by atoms with Gasteiger partial charge in [-0.3, -0.25) is 4.79 Å². The van der Waals surface area contributed by atoms with Crippen molar-refractivity contribution in [1.82, 2.24) is 19.9 Å². The Morgan fingerprint density at radius 3 is 2.78 bits per heavy atom. The molecule has 0 bridgehead atoms. The smallest absolute Gasteiger partial charge is 0.364 e. The van der Waals surface area contributed by atoms with Crippen molar-refractivity contribution in [3.8, 4) is 17.5 Å². The van der Waals surface area contributed by atoms with E-state index in [1.165, 1.54) is 47.4 Å². The minimum atomic E-state index is -4.64. The largest absolute Gasteiger partial charge is 0.418 e. The van der Waals surface area contributed by atoms with Crippen molar-refractivity contribution in [2.24, 2.45) is 5.10 Å². The lowest BCUT2D eigenvalue weighted by atomic mass is 10.1. The summed E-state index contributed by atoms with van der Waals surface area (Å²) in [6.45, 7) is 1.68. The third kappa shape index (κ3) is 5.08. The van der Waals surface area contributed by atoms with E-state index in [0.29, 0.717) is 22.0 Å². The number of alkyl halides is 3. The fourth-order valence-electron chi connectivity index (χ4n) is 3.80. The Bertz CT molecular complexity index is 1540. The summed E-state index contributed by atoms with van der Waals surface area (Å²) in [5.74, 6) is 5.31. The van der Waals surface area contributed by atoms with Crippen molar-refractivity contribution >= 4 is 29.4 Å². The molecule has 3 heterocycles. The Hall–Kier alpha value is -4.49. The number of anilines is 1. The summed E-state index contributed by atoms with van der Waals surface area (Å²) in [5, 5.41) is 11.9. The van der Waals surface area contributed by atoms with E-state index in [1.54, 1.807) is 24.3 Å². The number of fused-ring (bicyclic) bond motifs is 1. The normalized spacial score (nSPS) is 16.0. The van der Waals surface area contributed by atoms with Gasteiger partial charge in [0.05, 0.1) is 28.3 Å². The lowest BCUT2D eigenvalue weighted by Gasteiger charge is -2.21. The van der Waals surface area contributed by atoms with Crippen molar-refractivity contribution in [2.75, 3.05) is 5.32 Å². The predicted octanol–water partition coefficient (Wildman–Crippen LogP) is 5.09. The number of rotatable bonds is 3.